The Morgan fingerprint density at radius 2 is 2.00 bits per heavy atom. The Labute approximate surface area is 188 Å². The van der Waals surface area contributed by atoms with Crippen molar-refractivity contribution < 1.29 is 9.47 Å². The number of fused-ring (bicyclic) bond motifs is 3. The first-order valence-electron chi connectivity index (χ1n) is 9.98. The summed E-state index contributed by atoms with van der Waals surface area (Å²) >= 11 is 3.48. The largest absolute Gasteiger partial charge is 0.493 e. The van der Waals surface area contributed by atoms with E-state index in [1.54, 1.807) is 20.4 Å². The maximum atomic E-state index is 5.37. The van der Waals surface area contributed by atoms with Crippen LogP contribution < -0.4 is 14.9 Å². The number of halogens is 1. The van der Waals surface area contributed by atoms with Gasteiger partial charge in [-0.2, -0.15) is 10.1 Å². The number of benzene rings is 2. The Morgan fingerprint density at radius 3 is 2.77 bits per heavy atom. The number of hydrazone groups is 1. The molecule has 4 aromatic rings. The number of hydrogen-bond donors (Lipinski definition) is 1. The van der Waals surface area contributed by atoms with Gasteiger partial charge in [-0.1, -0.05) is 31.5 Å². The van der Waals surface area contributed by atoms with Crippen LogP contribution in [0.2, 0.25) is 0 Å². The number of para-hydroxylation sites is 1. The second kappa shape index (κ2) is 9.30. The summed E-state index contributed by atoms with van der Waals surface area (Å²) in [5, 5.41) is 13.9. The Hall–Kier alpha value is -3.20. The van der Waals surface area contributed by atoms with Gasteiger partial charge in [0.1, 0.15) is 5.52 Å². The van der Waals surface area contributed by atoms with Crippen molar-refractivity contribution in [3.63, 3.8) is 0 Å². The number of anilines is 1. The fourth-order valence-electron chi connectivity index (χ4n) is 3.47. The molecule has 0 fully saturated rings. The molecule has 0 unspecified atom stereocenters. The summed E-state index contributed by atoms with van der Waals surface area (Å²) in [7, 11) is 3.19. The molecule has 0 radical (unpaired) electrons. The molecular weight excluding hydrogens is 460 g/mol. The van der Waals surface area contributed by atoms with Crippen molar-refractivity contribution in [3.8, 4) is 11.5 Å². The predicted molar refractivity (Wildman–Crippen MR) is 126 cm³/mol. The Bertz CT molecular complexity index is 1250. The van der Waals surface area contributed by atoms with E-state index in [1.807, 2.05) is 24.3 Å². The van der Waals surface area contributed by atoms with E-state index in [-0.39, 0.29) is 0 Å². The molecule has 0 bridgehead atoms. The van der Waals surface area contributed by atoms with Crippen molar-refractivity contribution in [1.82, 2.24) is 19.7 Å². The van der Waals surface area contributed by atoms with E-state index in [1.165, 1.54) is 0 Å². The lowest BCUT2D eigenvalue weighted by Gasteiger charge is -2.10. The molecule has 9 heteroatoms. The smallest absolute Gasteiger partial charge is 0.265 e. The molecule has 2 heterocycles. The SMILES string of the molecule is CCCCn1c2ccccc2c2nnc(N/N=C/c3cc(Br)c(OC)c(OC)c3)nc21. The van der Waals surface area contributed by atoms with Crippen LogP contribution in [0.15, 0.2) is 46.0 Å². The molecule has 1 N–H and O–H groups in total. The first-order chi connectivity index (χ1) is 15.2. The lowest BCUT2D eigenvalue weighted by molar-refractivity contribution is 0.353. The number of nitrogens with zero attached hydrogens (tertiary/aromatic N) is 5. The Balaban J connectivity index is 1.64. The van der Waals surface area contributed by atoms with Gasteiger partial charge < -0.3 is 14.0 Å². The number of aryl methyl sites for hydroxylation is 1. The Morgan fingerprint density at radius 1 is 1.16 bits per heavy atom. The molecule has 2 aromatic heterocycles. The van der Waals surface area contributed by atoms with Gasteiger partial charge in [0, 0.05) is 11.9 Å². The van der Waals surface area contributed by atoms with Crippen LogP contribution in [0.25, 0.3) is 22.1 Å². The zero-order valence-electron chi connectivity index (χ0n) is 17.6. The molecule has 0 aliphatic carbocycles. The van der Waals surface area contributed by atoms with E-state index in [0.717, 1.165) is 51.5 Å². The van der Waals surface area contributed by atoms with Crippen LogP contribution in [0.5, 0.6) is 11.5 Å². The maximum absolute atomic E-state index is 5.37. The molecule has 8 nitrogen and oxygen atoms in total. The van der Waals surface area contributed by atoms with Crippen LogP contribution in [-0.2, 0) is 6.54 Å². The van der Waals surface area contributed by atoms with Crippen molar-refractivity contribution in [1.29, 1.82) is 0 Å². The molecule has 0 aliphatic rings. The Kier molecular flexibility index (Phi) is 6.31. The van der Waals surface area contributed by atoms with Crippen LogP contribution in [0.4, 0.5) is 5.95 Å². The number of aromatic nitrogens is 4. The van der Waals surface area contributed by atoms with E-state index in [0.29, 0.717) is 17.4 Å². The second-order valence-electron chi connectivity index (χ2n) is 6.94. The van der Waals surface area contributed by atoms with Gasteiger partial charge in [0.25, 0.3) is 5.95 Å². The highest BCUT2D eigenvalue weighted by atomic mass is 79.9. The minimum absolute atomic E-state index is 0.337. The number of ether oxygens (including phenoxy) is 2. The fraction of sp³-hybridized carbons (Fsp3) is 0.273. The molecule has 0 amide bonds. The topological polar surface area (TPSA) is 86.5 Å². The number of nitrogens with one attached hydrogen (secondary N) is 1. The predicted octanol–water partition coefficient (Wildman–Crippen LogP) is 5.01. The van der Waals surface area contributed by atoms with E-state index in [2.05, 4.69) is 65.3 Å². The molecule has 160 valence electrons. The molecule has 0 saturated heterocycles. The summed E-state index contributed by atoms with van der Waals surface area (Å²) < 4.78 is 13.7. The summed E-state index contributed by atoms with van der Waals surface area (Å²) in [4.78, 5) is 4.69. The summed E-state index contributed by atoms with van der Waals surface area (Å²) in [6.07, 6.45) is 3.82. The first-order valence-corrected chi connectivity index (χ1v) is 10.8. The van der Waals surface area contributed by atoms with Crippen LogP contribution in [0.3, 0.4) is 0 Å². The van der Waals surface area contributed by atoms with Crippen LogP contribution in [0.1, 0.15) is 25.3 Å². The zero-order chi connectivity index (χ0) is 21.8. The van der Waals surface area contributed by atoms with Crippen molar-refractivity contribution in [2.75, 3.05) is 19.6 Å². The minimum atomic E-state index is 0.337. The molecule has 4 rings (SSSR count). The summed E-state index contributed by atoms with van der Waals surface area (Å²) in [6.45, 7) is 3.05. The van der Waals surface area contributed by atoms with Gasteiger partial charge in [0.05, 0.1) is 30.4 Å². The summed E-state index contributed by atoms with van der Waals surface area (Å²) in [5.74, 6) is 1.58. The van der Waals surface area contributed by atoms with Gasteiger partial charge >= 0.3 is 0 Å². The van der Waals surface area contributed by atoms with Gasteiger partial charge in [-0.15, -0.1) is 10.2 Å². The average molecular weight is 483 g/mol. The third kappa shape index (κ3) is 4.18. The van der Waals surface area contributed by atoms with Gasteiger partial charge in [-0.3, -0.25) is 0 Å². The average Bonchev–Trinajstić information content (AvgIpc) is 3.10. The van der Waals surface area contributed by atoms with Gasteiger partial charge in [-0.05, 0) is 46.1 Å². The van der Waals surface area contributed by atoms with E-state index in [9.17, 15) is 0 Å². The molecule has 0 spiro atoms. The van der Waals surface area contributed by atoms with Crippen LogP contribution in [0, 0.1) is 0 Å². The van der Waals surface area contributed by atoms with E-state index >= 15 is 0 Å². The summed E-state index contributed by atoms with van der Waals surface area (Å²) in [5.41, 5.74) is 6.42. The van der Waals surface area contributed by atoms with Crippen molar-refractivity contribution in [2.24, 2.45) is 5.10 Å². The maximum Gasteiger partial charge on any atom is 0.265 e. The lowest BCUT2D eigenvalue weighted by atomic mass is 10.2. The standard InChI is InChI=1S/C22H23BrN6O2/c1-4-5-10-29-17-9-7-6-8-15(17)19-21(29)25-22(28-26-19)27-24-13-14-11-16(23)20(31-3)18(12-14)30-2/h6-9,11-13H,4-5,10H2,1-3H3,(H,25,27,28)/b24-13+. The van der Waals surface area contributed by atoms with E-state index in [4.69, 9.17) is 9.47 Å². The quantitative estimate of drug-likeness (QED) is 0.280. The molecular formula is C22H23BrN6O2. The van der Waals surface area contributed by atoms with Crippen LogP contribution in [-0.4, -0.2) is 40.2 Å². The van der Waals surface area contributed by atoms with Crippen molar-refractivity contribution in [3.05, 3.63) is 46.4 Å². The summed E-state index contributed by atoms with van der Waals surface area (Å²) in [6, 6.07) is 11.9. The fourth-order valence-corrected chi connectivity index (χ4v) is 4.09. The lowest BCUT2D eigenvalue weighted by Crippen LogP contribution is -2.03. The molecule has 2 aromatic carbocycles. The van der Waals surface area contributed by atoms with Gasteiger partial charge in [0.2, 0.25) is 0 Å². The number of methoxy groups -OCH3 is 2. The van der Waals surface area contributed by atoms with Gasteiger partial charge in [0.15, 0.2) is 17.1 Å². The molecule has 0 saturated carbocycles. The molecule has 0 aliphatic heterocycles. The second-order valence-corrected chi connectivity index (χ2v) is 7.79. The van der Waals surface area contributed by atoms with E-state index < -0.39 is 0 Å². The van der Waals surface area contributed by atoms with Crippen molar-refractivity contribution in [2.45, 2.75) is 26.3 Å². The highest BCUT2D eigenvalue weighted by molar-refractivity contribution is 9.10. The molecule has 0 atom stereocenters. The zero-order valence-corrected chi connectivity index (χ0v) is 19.2. The highest BCUT2D eigenvalue weighted by Crippen LogP contribution is 2.35. The van der Waals surface area contributed by atoms with Crippen molar-refractivity contribution >= 4 is 50.2 Å². The van der Waals surface area contributed by atoms with Gasteiger partial charge in [-0.25, -0.2) is 5.43 Å². The highest BCUT2D eigenvalue weighted by Gasteiger charge is 2.14. The first kappa shape index (κ1) is 21.0. The third-order valence-electron chi connectivity index (χ3n) is 4.94. The van der Waals surface area contributed by atoms with Crippen LogP contribution >= 0.6 is 15.9 Å². The normalized spacial score (nSPS) is 11.5. The third-order valence-corrected chi connectivity index (χ3v) is 5.53. The number of rotatable bonds is 8. The minimum Gasteiger partial charge on any atom is -0.493 e. The number of hydrogen-bond acceptors (Lipinski definition) is 7. The number of unbranched alkanes of at least 4 members (excludes halogenated alkanes) is 1. The molecule has 31 heavy (non-hydrogen) atoms. The monoisotopic (exact) mass is 482 g/mol.